The van der Waals surface area contributed by atoms with Gasteiger partial charge in [-0.25, -0.2) is 0 Å². The maximum absolute atomic E-state index is 13.0. The van der Waals surface area contributed by atoms with E-state index in [0.29, 0.717) is 50.1 Å². The van der Waals surface area contributed by atoms with Crippen LogP contribution in [0.5, 0.6) is 11.5 Å². The number of amides is 1. The number of furan rings is 1. The third kappa shape index (κ3) is 4.62. The van der Waals surface area contributed by atoms with Crippen molar-refractivity contribution in [2.75, 3.05) is 18.6 Å². The number of rotatable bonds is 7. The van der Waals surface area contributed by atoms with Crippen LogP contribution in [0.3, 0.4) is 0 Å². The van der Waals surface area contributed by atoms with Crippen LogP contribution in [0.4, 0.5) is 11.4 Å². The highest BCUT2D eigenvalue weighted by atomic mass is 32.2. The van der Waals surface area contributed by atoms with Gasteiger partial charge in [-0.05, 0) is 55.5 Å². The highest BCUT2D eigenvalue weighted by Gasteiger charge is 2.33. The number of methoxy groups -OCH3 is 1. The second kappa shape index (κ2) is 9.47. The van der Waals surface area contributed by atoms with E-state index in [-0.39, 0.29) is 11.6 Å². The summed E-state index contributed by atoms with van der Waals surface area (Å²) in [5.74, 6) is 1.48. The molecule has 0 atom stereocenters. The van der Waals surface area contributed by atoms with Crippen LogP contribution in [0, 0.1) is 10.1 Å². The normalized spacial score (nSPS) is 14.7. The van der Waals surface area contributed by atoms with Crippen LogP contribution in [-0.2, 0) is 4.79 Å². The molecule has 4 rings (SSSR count). The van der Waals surface area contributed by atoms with Crippen LogP contribution < -0.4 is 14.4 Å². The molecule has 2 aromatic carbocycles. The van der Waals surface area contributed by atoms with Gasteiger partial charge in [0, 0.05) is 6.08 Å². The van der Waals surface area contributed by atoms with E-state index in [1.165, 1.54) is 18.1 Å². The first-order valence-corrected chi connectivity index (χ1v) is 11.1. The van der Waals surface area contributed by atoms with Gasteiger partial charge in [-0.3, -0.25) is 19.8 Å². The molecule has 0 saturated carbocycles. The molecule has 0 radical (unpaired) electrons. The first-order valence-electron chi connectivity index (χ1n) is 9.84. The van der Waals surface area contributed by atoms with E-state index >= 15 is 0 Å². The molecule has 8 nitrogen and oxygen atoms in total. The Morgan fingerprint density at radius 2 is 1.88 bits per heavy atom. The van der Waals surface area contributed by atoms with Gasteiger partial charge in [0.15, 0.2) is 4.32 Å². The Labute approximate surface area is 198 Å². The van der Waals surface area contributed by atoms with Crippen LogP contribution in [-0.4, -0.2) is 28.9 Å². The molecule has 0 N–H and O–H groups in total. The second-order valence-electron chi connectivity index (χ2n) is 6.79. The molecule has 1 amide bonds. The monoisotopic (exact) mass is 482 g/mol. The zero-order chi connectivity index (χ0) is 23.5. The molecule has 33 heavy (non-hydrogen) atoms. The van der Waals surface area contributed by atoms with Crippen molar-refractivity contribution < 1.29 is 23.6 Å². The molecule has 0 aliphatic carbocycles. The van der Waals surface area contributed by atoms with Gasteiger partial charge in [-0.1, -0.05) is 24.0 Å². The Kier molecular flexibility index (Phi) is 6.47. The van der Waals surface area contributed by atoms with Crippen molar-refractivity contribution in [3.63, 3.8) is 0 Å². The van der Waals surface area contributed by atoms with Crippen molar-refractivity contribution in [2.24, 2.45) is 0 Å². The van der Waals surface area contributed by atoms with Crippen molar-refractivity contribution in [1.82, 2.24) is 0 Å². The Balaban J connectivity index is 1.59. The lowest BCUT2D eigenvalue weighted by molar-refractivity contribution is -0.384. The van der Waals surface area contributed by atoms with Gasteiger partial charge in [0.05, 0.1) is 40.9 Å². The van der Waals surface area contributed by atoms with Crippen molar-refractivity contribution in [3.05, 3.63) is 75.4 Å². The summed E-state index contributed by atoms with van der Waals surface area (Å²) in [5, 5.41) is 11.5. The van der Waals surface area contributed by atoms with E-state index < -0.39 is 4.92 Å². The number of hydrogen-bond acceptors (Lipinski definition) is 8. The molecule has 1 aliphatic heterocycles. The van der Waals surface area contributed by atoms with Crippen molar-refractivity contribution in [3.8, 4) is 22.8 Å². The predicted octanol–water partition coefficient (Wildman–Crippen LogP) is 5.67. The quantitative estimate of drug-likeness (QED) is 0.184. The predicted molar refractivity (Wildman–Crippen MR) is 131 cm³/mol. The maximum atomic E-state index is 13.0. The van der Waals surface area contributed by atoms with E-state index in [0.717, 1.165) is 11.8 Å². The number of thioether (sulfide) groups is 1. The molecule has 10 heteroatoms. The maximum Gasteiger partial charge on any atom is 0.284 e. The summed E-state index contributed by atoms with van der Waals surface area (Å²) in [6, 6.07) is 14.9. The molecular weight excluding hydrogens is 464 g/mol. The molecule has 1 fully saturated rings. The fraction of sp³-hybridized carbons (Fsp3) is 0.130. The summed E-state index contributed by atoms with van der Waals surface area (Å²) in [4.78, 5) is 25.8. The van der Waals surface area contributed by atoms with Gasteiger partial charge in [0.25, 0.3) is 11.6 Å². The van der Waals surface area contributed by atoms with Crippen LogP contribution in [0.15, 0.2) is 63.9 Å². The second-order valence-corrected chi connectivity index (χ2v) is 8.46. The smallest absolute Gasteiger partial charge is 0.284 e. The van der Waals surface area contributed by atoms with Gasteiger partial charge in [-0.15, -0.1) is 0 Å². The van der Waals surface area contributed by atoms with Crippen LogP contribution in [0.1, 0.15) is 12.7 Å². The molecule has 1 aromatic heterocycles. The Hall–Kier alpha value is -3.63. The molecule has 0 bridgehead atoms. The van der Waals surface area contributed by atoms with Gasteiger partial charge in [0.1, 0.15) is 23.0 Å². The van der Waals surface area contributed by atoms with E-state index in [1.807, 2.05) is 6.92 Å². The van der Waals surface area contributed by atoms with Gasteiger partial charge in [0.2, 0.25) is 0 Å². The number of carbonyl (C=O) groups is 1. The molecule has 3 aromatic rings. The number of benzene rings is 2. The van der Waals surface area contributed by atoms with E-state index in [2.05, 4.69) is 0 Å². The average Bonchev–Trinajstić information content (AvgIpc) is 3.38. The minimum absolute atomic E-state index is 0.142. The molecule has 0 unspecified atom stereocenters. The fourth-order valence-electron chi connectivity index (χ4n) is 3.25. The number of nitrogens with zero attached hydrogens (tertiary/aromatic N) is 2. The Bertz CT molecular complexity index is 1270. The molecule has 1 aliphatic rings. The molecule has 168 valence electrons. The summed E-state index contributed by atoms with van der Waals surface area (Å²) in [6.07, 6.45) is 1.58. The lowest BCUT2D eigenvalue weighted by Gasteiger charge is -2.15. The van der Waals surface area contributed by atoms with E-state index in [4.69, 9.17) is 26.1 Å². The van der Waals surface area contributed by atoms with E-state index in [1.54, 1.807) is 54.6 Å². The van der Waals surface area contributed by atoms with Crippen molar-refractivity contribution in [2.45, 2.75) is 6.92 Å². The first-order chi connectivity index (χ1) is 15.9. The molecule has 1 saturated heterocycles. The van der Waals surface area contributed by atoms with Crippen molar-refractivity contribution >= 4 is 51.7 Å². The zero-order valence-electron chi connectivity index (χ0n) is 17.6. The van der Waals surface area contributed by atoms with E-state index in [9.17, 15) is 14.9 Å². The summed E-state index contributed by atoms with van der Waals surface area (Å²) in [6.45, 7) is 2.45. The highest BCUT2D eigenvalue weighted by Crippen LogP contribution is 2.38. The molecular formula is C23H18N2O6S2. The number of carbonyl (C=O) groups excluding carboxylic acids is 1. The topological polar surface area (TPSA) is 95.0 Å². The van der Waals surface area contributed by atoms with Gasteiger partial charge >= 0.3 is 0 Å². The summed E-state index contributed by atoms with van der Waals surface area (Å²) in [5.41, 5.74) is 0.804. The third-order valence-electron chi connectivity index (χ3n) is 4.77. The number of nitro benzene ring substituents is 1. The van der Waals surface area contributed by atoms with Gasteiger partial charge in [-0.2, -0.15) is 0 Å². The van der Waals surface area contributed by atoms with Crippen LogP contribution >= 0.6 is 24.0 Å². The first kappa shape index (κ1) is 22.6. The van der Waals surface area contributed by atoms with Crippen molar-refractivity contribution in [1.29, 1.82) is 0 Å². The third-order valence-corrected chi connectivity index (χ3v) is 6.07. The SMILES string of the molecule is CCOc1ccc(N2C(=O)/C(=C\c3ccc(-c4ccc(OC)cc4[N+](=O)[O-])o3)SC2=S)cc1. The lowest BCUT2D eigenvalue weighted by atomic mass is 10.1. The standard InChI is InChI=1S/C23H18N2O6S2/c1-3-30-15-6-4-14(5-7-15)24-22(26)21(33-23(24)32)13-17-9-11-20(31-17)18-10-8-16(29-2)12-19(18)25(27)28/h4-13H,3H2,1-2H3/b21-13+. The average molecular weight is 483 g/mol. The summed E-state index contributed by atoms with van der Waals surface area (Å²) < 4.78 is 16.7. The summed E-state index contributed by atoms with van der Waals surface area (Å²) in [7, 11) is 1.44. The van der Waals surface area contributed by atoms with Crippen LogP contribution in [0.2, 0.25) is 0 Å². The minimum atomic E-state index is -0.498. The number of ether oxygens (including phenoxy) is 2. The Morgan fingerprint density at radius 1 is 1.15 bits per heavy atom. The highest BCUT2D eigenvalue weighted by molar-refractivity contribution is 8.27. The number of hydrogen-bond donors (Lipinski definition) is 0. The Morgan fingerprint density at radius 3 is 2.55 bits per heavy atom. The fourth-order valence-corrected chi connectivity index (χ4v) is 4.53. The zero-order valence-corrected chi connectivity index (χ0v) is 19.3. The number of nitro groups is 1. The van der Waals surface area contributed by atoms with Gasteiger partial charge < -0.3 is 13.9 Å². The lowest BCUT2D eigenvalue weighted by Crippen LogP contribution is -2.27. The molecule has 0 spiro atoms. The molecule has 2 heterocycles. The number of anilines is 1. The minimum Gasteiger partial charge on any atom is -0.497 e. The summed E-state index contributed by atoms with van der Waals surface area (Å²) >= 11 is 6.56. The number of thiocarbonyl (C=S) groups is 1. The van der Waals surface area contributed by atoms with Crippen LogP contribution in [0.25, 0.3) is 17.4 Å². The largest absolute Gasteiger partial charge is 0.497 e.